The molecular formula is C14H16F3N5. The predicted molar refractivity (Wildman–Crippen MR) is 77.7 cm³/mol. The zero-order chi connectivity index (χ0) is 16.3. The van der Waals surface area contributed by atoms with Gasteiger partial charge in [0.25, 0.3) is 0 Å². The number of aromatic nitrogens is 3. The smallest absolute Gasteiger partial charge is 0.363 e. The van der Waals surface area contributed by atoms with Crippen molar-refractivity contribution in [2.75, 3.05) is 30.9 Å². The summed E-state index contributed by atoms with van der Waals surface area (Å²) >= 11 is 0. The molecule has 0 aliphatic rings. The van der Waals surface area contributed by atoms with E-state index in [4.69, 9.17) is 0 Å². The molecule has 2 aromatic heterocycles. The van der Waals surface area contributed by atoms with Crippen LogP contribution in [0.2, 0.25) is 0 Å². The van der Waals surface area contributed by atoms with Gasteiger partial charge in [-0.25, -0.2) is 4.98 Å². The molecule has 0 aliphatic heterocycles. The van der Waals surface area contributed by atoms with Crippen molar-refractivity contribution in [3.05, 3.63) is 41.9 Å². The molecule has 0 radical (unpaired) electrons. The van der Waals surface area contributed by atoms with Crippen LogP contribution < -0.4 is 9.80 Å². The lowest BCUT2D eigenvalue weighted by Gasteiger charge is -2.21. The average molecular weight is 311 g/mol. The van der Waals surface area contributed by atoms with Gasteiger partial charge in [0.2, 0.25) is 5.95 Å². The first-order chi connectivity index (χ1) is 10.3. The molecule has 0 saturated carbocycles. The number of pyridine rings is 1. The summed E-state index contributed by atoms with van der Waals surface area (Å²) in [7, 11) is 4.92. The maximum absolute atomic E-state index is 13.0. The Bertz CT molecular complexity index is 628. The molecule has 0 fully saturated rings. The lowest BCUT2D eigenvalue weighted by Crippen LogP contribution is -2.23. The minimum Gasteiger partial charge on any atom is -0.363 e. The zero-order valence-electron chi connectivity index (χ0n) is 12.5. The van der Waals surface area contributed by atoms with E-state index >= 15 is 0 Å². The maximum Gasteiger partial charge on any atom is 0.433 e. The van der Waals surface area contributed by atoms with Gasteiger partial charge < -0.3 is 9.80 Å². The Labute approximate surface area is 126 Å². The van der Waals surface area contributed by atoms with Gasteiger partial charge in [-0.1, -0.05) is 0 Å². The van der Waals surface area contributed by atoms with Crippen LogP contribution in [0.15, 0.2) is 30.6 Å². The van der Waals surface area contributed by atoms with E-state index < -0.39 is 11.9 Å². The molecule has 0 atom stereocenters. The number of hydrogen-bond donors (Lipinski definition) is 0. The van der Waals surface area contributed by atoms with E-state index in [2.05, 4.69) is 15.0 Å². The Morgan fingerprint density at radius 1 is 1.05 bits per heavy atom. The standard InChI is InChI=1S/C14H16F3N5/c1-21(2)12-8-11(14(15,16)17)19-13(20-12)22(3)9-10-4-6-18-7-5-10/h4-8H,9H2,1-3H3. The van der Waals surface area contributed by atoms with Crippen molar-refractivity contribution >= 4 is 11.8 Å². The molecule has 0 N–H and O–H groups in total. The van der Waals surface area contributed by atoms with Crippen LogP contribution in [0.4, 0.5) is 24.9 Å². The SMILES string of the molecule is CN(C)c1cc(C(F)(F)F)nc(N(C)Cc2ccncc2)n1. The van der Waals surface area contributed by atoms with Crippen molar-refractivity contribution in [2.24, 2.45) is 0 Å². The predicted octanol–water partition coefficient (Wildman–Crippen LogP) is 2.59. The maximum atomic E-state index is 13.0. The molecule has 0 saturated heterocycles. The second-order valence-corrected chi connectivity index (χ2v) is 5.02. The molecule has 118 valence electrons. The van der Waals surface area contributed by atoms with Gasteiger partial charge in [-0.2, -0.15) is 18.2 Å². The third-order valence-corrected chi connectivity index (χ3v) is 2.96. The van der Waals surface area contributed by atoms with E-state index in [0.717, 1.165) is 11.6 Å². The van der Waals surface area contributed by atoms with Crippen molar-refractivity contribution in [1.29, 1.82) is 0 Å². The Morgan fingerprint density at radius 3 is 2.23 bits per heavy atom. The van der Waals surface area contributed by atoms with Crippen LogP contribution in [0.3, 0.4) is 0 Å². The number of anilines is 2. The summed E-state index contributed by atoms with van der Waals surface area (Å²) in [6, 6.07) is 4.51. The highest BCUT2D eigenvalue weighted by Crippen LogP contribution is 2.30. The Hall–Kier alpha value is -2.38. The van der Waals surface area contributed by atoms with E-state index in [1.165, 1.54) is 4.90 Å². The van der Waals surface area contributed by atoms with Gasteiger partial charge in [0, 0.05) is 46.1 Å². The molecule has 0 aromatic carbocycles. The molecule has 8 heteroatoms. The van der Waals surface area contributed by atoms with Crippen LogP contribution >= 0.6 is 0 Å². The fourth-order valence-corrected chi connectivity index (χ4v) is 1.80. The summed E-state index contributed by atoms with van der Waals surface area (Å²) in [6.45, 7) is 0.386. The molecule has 22 heavy (non-hydrogen) atoms. The van der Waals surface area contributed by atoms with Crippen LogP contribution in [0.25, 0.3) is 0 Å². The van der Waals surface area contributed by atoms with Gasteiger partial charge in [0.15, 0.2) is 5.69 Å². The highest BCUT2D eigenvalue weighted by atomic mass is 19.4. The van der Waals surface area contributed by atoms with Crippen LogP contribution in [-0.2, 0) is 12.7 Å². The van der Waals surface area contributed by atoms with E-state index in [1.807, 2.05) is 0 Å². The molecule has 2 aromatic rings. The summed E-state index contributed by atoms with van der Waals surface area (Å²) in [5.41, 5.74) is -0.0484. The monoisotopic (exact) mass is 311 g/mol. The van der Waals surface area contributed by atoms with Crippen LogP contribution in [0.5, 0.6) is 0 Å². The highest BCUT2D eigenvalue weighted by molar-refractivity contribution is 5.45. The van der Waals surface area contributed by atoms with Crippen molar-refractivity contribution in [3.63, 3.8) is 0 Å². The molecule has 0 unspecified atom stereocenters. The van der Waals surface area contributed by atoms with E-state index in [-0.39, 0.29) is 11.8 Å². The summed E-state index contributed by atoms with van der Waals surface area (Å²) < 4.78 is 38.9. The summed E-state index contributed by atoms with van der Waals surface area (Å²) in [6.07, 6.45) is -1.26. The van der Waals surface area contributed by atoms with Gasteiger partial charge in [0.05, 0.1) is 0 Å². The second kappa shape index (κ2) is 6.17. The fourth-order valence-electron chi connectivity index (χ4n) is 1.80. The van der Waals surface area contributed by atoms with Crippen molar-refractivity contribution in [2.45, 2.75) is 12.7 Å². The van der Waals surface area contributed by atoms with Crippen molar-refractivity contribution in [3.8, 4) is 0 Å². The first-order valence-corrected chi connectivity index (χ1v) is 6.51. The van der Waals surface area contributed by atoms with Gasteiger partial charge >= 0.3 is 6.18 Å². The molecule has 5 nitrogen and oxygen atoms in total. The van der Waals surface area contributed by atoms with Gasteiger partial charge in [-0.05, 0) is 17.7 Å². The summed E-state index contributed by atoms with van der Waals surface area (Å²) in [5, 5.41) is 0. The largest absolute Gasteiger partial charge is 0.433 e. The van der Waals surface area contributed by atoms with Crippen LogP contribution in [0, 0.1) is 0 Å². The van der Waals surface area contributed by atoms with E-state index in [0.29, 0.717) is 6.54 Å². The van der Waals surface area contributed by atoms with Crippen molar-refractivity contribution in [1.82, 2.24) is 15.0 Å². The first kappa shape index (κ1) is 16.0. The third kappa shape index (κ3) is 3.84. The third-order valence-electron chi connectivity index (χ3n) is 2.96. The minimum atomic E-state index is -4.51. The number of nitrogens with zero attached hydrogens (tertiary/aromatic N) is 5. The minimum absolute atomic E-state index is 0.0235. The number of rotatable bonds is 4. The second-order valence-electron chi connectivity index (χ2n) is 5.02. The summed E-state index contributed by atoms with van der Waals surface area (Å²) in [5.74, 6) is 0.231. The number of hydrogen-bond acceptors (Lipinski definition) is 5. The van der Waals surface area contributed by atoms with E-state index in [1.54, 1.807) is 50.6 Å². The Balaban J connectivity index is 2.34. The number of halogens is 3. The first-order valence-electron chi connectivity index (χ1n) is 6.51. The molecular weight excluding hydrogens is 295 g/mol. The zero-order valence-corrected chi connectivity index (χ0v) is 12.5. The molecule has 0 spiro atoms. The molecule has 0 bridgehead atoms. The quantitative estimate of drug-likeness (QED) is 0.868. The Morgan fingerprint density at radius 2 is 1.68 bits per heavy atom. The topological polar surface area (TPSA) is 45.2 Å². The lowest BCUT2D eigenvalue weighted by atomic mass is 10.2. The highest BCUT2D eigenvalue weighted by Gasteiger charge is 2.34. The molecule has 0 amide bonds. The Kier molecular flexibility index (Phi) is 4.48. The van der Waals surface area contributed by atoms with Gasteiger partial charge in [-0.15, -0.1) is 0 Å². The van der Waals surface area contributed by atoms with Gasteiger partial charge in [-0.3, -0.25) is 4.98 Å². The molecule has 2 rings (SSSR count). The summed E-state index contributed by atoms with van der Waals surface area (Å²) in [4.78, 5) is 14.8. The lowest BCUT2D eigenvalue weighted by molar-refractivity contribution is -0.141. The molecule has 2 heterocycles. The van der Waals surface area contributed by atoms with Crippen LogP contribution in [0.1, 0.15) is 11.3 Å². The molecule has 0 aliphatic carbocycles. The fraction of sp³-hybridized carbons (Fsp3) is 0.357. The average Bonchev–Trinajstić information content (AvgIpc) is 2.46. The van der Waals surface area contributed by atoms with E-state index in [9.17, 15) is 13.2 Å². The van der Waals surface area contributed by atoms with Crippen LogP contribution in [-0.4, -0.2) is 36.1 Å². The van der Waals surface area contributed by atoms with Gasteiger partial charge in [0.1, 0.15) is 5.82 Å². The van der Waals surface area contributed by atoms with Crippen molar-refractivity contribution < 1.29 is 13.2 Å². The normalized spacial score (nSPS) is 11.4. The number of alkyl halides is 3.